The van der Waals surface area contributed by atoms with Crippen LogP contribution in [0.25, 0.3) is 11.8 Å². The molecule has 0 saturated carbocycles. The lowest BCUT2D eigenvalue weighted by atomic mass is 10.2. The van der Waals surface area contributed by atoms with Crippen molar-refractivity contribution >= 4 is 23.6 Å². The zero-order valence-corrected chi connectivity index (χ0v) is 18.2. The van der Waals surface area contributed by atoms with E-state index < -0.39 is 5.97 Å². The Kier molecular flexibility index (Phi) is 7.64. The lowest BCUT2D eigenvalue weighted by molar-refractivity contribution is -0.111. The lowest BCUT2D eigenvalue weighted by Crippen LogP contribution is -2.08. The molecular formula is C24H25N3O5. The molecule has 0 atom stereocenters. The molecule has 8 heteroatoms. The second kappa shape index (κ2) is 10.8. The van der Waals surface area contributed by atoms with Crippen LogP contribution in [0.2, 0.25) is 0 Å². The lowest BCUT2D eigenvalue weighted by Gasteiger charge is -2.09. The molecule has 0 bridgehead atoms. The standard InChI is InChI=1S/C24H25N3O5/c1-4-31-21-12-6-17(16-22(21)30-3)7-13-23(28)25-18-8-10-19(11-9-18)27-15-14-20(26-27)24(29)32-5-2/h6-16H,4-5H2,1-3H3,(H,25,28). The number of carbonyl (C=O) groups is 2. The van der Waals surface area contributed by atoms with E-state index in [2.05, 4.69) is 10.4 Å². The molecule has 0 unspecified atom stereocenters. The van der Waals surface area contributed by atoms with E-state index in [1.807, 2.05) is 13.0 Å². The molecule has 1 N–H and O–H groups in total. The maximum atomic E-state index is 12.3. The number of nitrogens with zero attached hydrogens (tertiary/aromatic N) is 2. The molecule has 0 aliphatic carbocycles. The van der Waals surface area contributed by atoms with Gasteiger partial charge in [-0.3, -0.25) is 4.79 Å². The van der Waals surface area contributed by atoms with Crippen molar-refractivity contribution in [2.24, 2.45) is 0 Å². The van der Waals surface area contributed by atoms with Crippen LogP contribution in [0.1, 0.15) is 29.9 Å². The molecule has 0 spiro atoms. The zero-order valence-electron chi connectivity index (χ0n) is 18.2. The van der Waals surface area contributed by atoms with Gasteiger partial charge in [0.15, 0.2) is 17.2 Å². The first-order valence-electron chi connectivity index (χ1n) is 10.2. The number of carbonyl (C=O) groups excluding carboxylic acids is 2. The Labute approximate surface area is 186 Å². The van der Waals surface area contributed by atoms with Gasteiger partial charge >= 0.3 is 5.97 Å². The van der Waals surface area contributed by atoms with Crippen molar-refractivity contribution < 1.29 is 23.8 Å². The van der Waals surface area contributed by atoms with Gasteiger partial charge in [0.05, 0.1) is 26.0 Å². The molecule has 0 aliphatic rings. The molecule has 2 aromatic carbocycles. The van der Waals surface area contributed by atoms with E-state index in [-0.39, 0.29) is 11.6 Å². The topological polar surface area (TPSA) is 91.7 Å². The van der Waals surface area contributed by atoms with Gasteiger partial charge < -0.3 is 19.5 Å². The fourth-order valence-corrected chi connectivity index (χ4v) is 2.90. The first-order chi connectivity index (χ1) is 15.5. The van der Waals surface area contributed by atoms with E-state index in [0.29, 0.717) is 30.4 Å². The number of nitrogens with one attached hydrogen (secondary N) is 1. The van der Waals surface area contributed by atoms with Gasteiger partial charge in [0.1, 0.15) is 0 Å². The first kappa shape index (κ1) is 22.6. The van der Waals surface area contributed by atoms with Crippen molar-refractivity contribution in [1.82, 2.24) is 9.78 Å². The van der Waals surface area contributed by atoms with E-state index >= 15 is 0 Å². The third kappa shape index (κ3) is 5.75. The van der Waals surface area contributed by atoms with Crippen molar-refractivity contribution in [3.05, 3.63) is 72.1 Å². The number of anilines is 1. The minimum atomic E-state index is -0.466. The number of aromatic nitrogens is 2. The molecule has 0 aliphatic heterocycles. The SMILES string of the molecule is CCOC(=O)c1ccn(-c2ccc(NC(=O)C=Cc3ccc(OCC)c(OC)c3)cc2)n1. The van der Waals surface area contributed by atoms with Gasteiger partial charge in [-0.05, 0) is 68.0 Å². The third-order valence-electron chi connectivity index (χ3n) is 4.39. The summed E-state index contributed by atoms with van der Waals surface area (Å²) in [6, 6.07) is 14.1. The number of benzene rings is 2. The van der Waals surface area contributed by atoms with Crippen molar-refractivity contribution in [2.45, 2.75) is 13.8 Å². The Hall–Kier alpha value is -4.07. The number of amides is 1. The van der Waals surface area contributed by atoms with Crippen LogP contribution in [0.4, 0.5) is 5.69 Å². The van der Waals surface area contributed by atoms with Crippen LogP contribution in [0, 0.1) is 0 Å². The maximum absolute atomic E-state index is 12.3. The molecule has 166 valence electrons. The number of ether oxygens (including phenoxy) is 3. The van der Waals surface area contributed by atoms with Gasteiger partial charge in [-0.1, -0.05) is 6.07 Å². The first-order valence-corrected chi connectivity index (χ1v) is 10.2. The zero-order chi connectivity index (χ0) is 22.9. The number of esters is 1. The number of hydrogen-bond acceptors (Lipinski definition) is 6. The molecule has 1 amide bonds. The predicted molar refractivity (Wildman–Crippen MR) is 121 cm³/mol. The van der Waals surface area contributed by atoms with Crippen LogP contribution >= 0.6 is 0 Å². The Balaban J connectivity index is 1.62. The van der Waals surface area contributed by atoms with Gasteiger partial charge in [-0.2, -0.15) is 5.10 Å². The summed E-state index contributed by atoms with van der Waals surface area (Å²) in [7, 11) is 1.57. The highest BCUT2D eigenvalue weighted by Gasteiger charge is 2.11. The highest BCUT2D eigenvalue weighted by molar-refractivity contribution is 6.02. The van der Waals surface area contributed by atoms with Gasteiger partial charge in [0.2, 0.25) is 5.91 Å². The second-order valence-electron chi connectivity index (χ2n) is 6.58. The van der Waals surface area contributed by atoms with Crippen LogP contribution in [0.5, 0.6) is 11.5 Å². The molecule has 3 rings (SSSR count). The Morgan fingerprint density at radius 2 is 1.81 bits per heavy atom. The van der Waals surface area contributed by atoms with Crippen molar-refractivity contribution in [3.8, 4) is 17.2 Å². The van der Waals surface area contributed by atoms with Crippen molar-refractivity contribution in [2.75, 3.05) is 25.6 Å². The Morgan fingerprint density at radius 3 is 2.50 bits per heavy atom. The quantitative estimate of drug-likeness (QED) is 0.402. The fraction of sp³-hybridized carbons (Fsp3) is 0.208. The molecule has 1 aromatic heterocycles. The monoisotopic (exact) mass is 435 g/mol. The van der Waals surface area contributed by atoms with E-state index in [4.69, 9.17) is 14.2 Å². The van der Waals surface area contributed by atoms with Crippen LogP contribution in [0.3, 0.4) is 0 Å². The van der Waals surface area contributed by atoms with Crippen LogP contribution in [-0.2, 0) is 9.53 Å². The highest BCUT2D eigenvalue weighted by Crippen LogP contribution is 2.28. The average Bonchev–Trinajstić information content (AvgIpc) is 3.30. The summed E-state index contributed by atoms with van der Waals surface area (Å²) in [5.74, 6) is 0.527. The molecular weight excluding hydrogens is 410 g/mol. The average molecular weight is 435 g/mol. The van der Waals surface area contributed by atoms with E-state index in [1.54, 1.807) is 73.5 Å². The molecule has 0 fully saturated rings. The minimum absolute atomic E-state index is 0.236. The predicted octanol–water partition coefficient (Wildman–Crippen LogP) is 4.11. The summed E-state index contributed by atoms with van der Waals surface area (Å²) in [5, 5.41) is 7.01. The van der Waals surface area contributed by atoms with E-state index in [1.165, 1.54) is 6.08 Å². The Bertz CT molecular complexity index is 1100. The summed E-state index contributed by atoms with van der Waals surface area (Å²) >= 11 is 0. The normalized spacial score (nSPS) is 10.7. The van der Waals surface area contributed by atoms with Gasteiger partial charge in [-0.25, -0.2) is 9.48 Å². The smallest absolute Gasteiger partial charge is 0.358 e. The van der Waals surface area contributed by atoms with Crippen LogP contribution in [-0.4, -0.2) is 42.0 Å². The van der Waals surface area contributed by atoms with Crippen molar-refractivity contribution in [3.63, 3.8) is 0 Å². The summed E-state index contributed by atoms with van der Waals surface area (Å²) in [6.07, 6.45) is 4.82. The number of hydrogen-bond donors (Lipinski definition) is 1. The minimum Gasteiger partial charge on any atom is -0.493 e. The summed E-state index contributed by atoms with van der Waals surface area (Å²) in [4.78, 5) is 24.0. The molecule has 32 heavy (non-hydrogen) atoms. The van der Waals surface area contributed by atoms with E-state index in [0.717, 1.165) is 11.3 Å². The van der Waals surface area contributed by atoms with Crippen molar-refractivity contribution in [1.29, 1.82) is 0 Å². The molecule has 8 nitrogen and oxygen atoms in total. The third-order valence-corrected chi connectivity index (χ3v) is 4.39. The highest BCUT2D eigenvalue weighted by atomic mass is 16.5. The Morgan fingerprint density at radius 1 is 1.03 bits per heavy atom. The molecule has 1 heterocycles. The van der Waals surface area contributed by atoms with Crippen LogP contribution in [0.15, 0.2) is 60.8 Å². The van der Waals surface area contributed by atoms with E-state index in [9.17, 15) is 9.59 Å². The van der Waals surface area contributed by atoms with Gasteiger partial charge in [0, 0.05) is 18.0 Å². The maximum Gasteiger partial charge on any atom is 0.358 e. The molecule has 0 radical (unpaired) electrons. The summed E-state index contributed by atoms with van der Waals surface area (Å²) in [6.45, 7) is 4.48. The van der Waals surface area contributed by atoms with Crippen LogP contribution < -0.4 is 14.8 Å². The number of rotatable bonds is 9. The number of methoxy groups -OCH3 is 1. The molecule has 3 aromatic rings. The second-order valence-corrected chi connectivity index (χ2v) is 6.58. The summed E-state index contributed by atoms with van der Waals surface area (Å²) < 4.78 is 17.3. The fourth-order valence-electron chi connectivity index (χ4n) is 2.90. The van der Waals surface area contributed by atoms with Gasteiger partial charge in [-0.15, -0.1) is 0 Å². The summed E-state index contributed by atoms with van der Waals surface area (Å²) in [5.41, 5.74) is 2.42. The largest absolute Gasteiger partial charge is 0.493 e. The van der Waals surface area contributed by atoms with Gasteiger partial charge in [0.25, 0.3) is 0 Å². The molecule has 0 saturated heterocycles.